The van der Waals surface area contributed by atoms with Crippen molar-refractivity contribution in [1.29, 1.82) is 0 Å². The van der Waals surface area contributed by atoms with Crippen LogP contribution in [0.2, 0.25) is 0 Å². The maximum absolute atomic E-state index is 12.5. The zero-order valence-electron chi connectivity index (χ0n) is 11.0. The Bertz CT molecular complexity index is 576. The predicted molar refractivity (Wildman–Crippen MR) is 70.5 cm³/mol. The molecule has 0 aliphatic carbocycles. The lowest BCUT2D eigenvalue weighted by Gasteiger charge is -2.31. The average Bonchev–Trinajstić information content (AvgIpc) is 2.86. The molecular formula is C13H15N3O5. The highest BCUT2D eigenvalue weighted by Gasteiger charge is 2.52. The van der Waals surface area contributed by atoms with E-state index in [2.05, 4.69) is 0 Å². The van der Waals surface area contributed by atoms with Gasteiger partial charge in [0.15, 0.2) is 5.66 Å². The van der Waals surface area contributed by atoms with Crippen molar-refractivity contribution in [2.45, 2.75) is 12.1 Å². The lowest BCUT2D eigenvalue weighted by molar-refractivity contribution is -0.132. The fourth-order valence-corrected chi connectivity index (χ4v) is 2.50. The third-order valence-corrected chi connectivity index (χ3v) is 3.58. The van der Waals surface area contributed by atoms with Crippen molar-refractivity contribution in [2.75, 3.05) is 6.54 Å². The van der Waals surface area contributed by atoms with Gasteiger partial charge in [0, 0.05) is 18.5 Å². The van der Waals surface area contributed by atoms with Crippen LogP contribution < -0.4 is 11.2 Å². The first kappa shape index (κ1) is 14.9. The van der Waals surface area contributed by atoms with Crippen molar-refractivity contribution in [3.05, 3.63) is 35.9 Å². The molecule has 1 aromatic rings. The smallest absolute Gasteiger partial charge is 0.409 e. The highest BCUT2D eigenvalue weighted by molar-refractivity contribution is 6.05. The van der Waals surface area contributed by atoms with E-state index in [1.807, 2.05) is 0 Å². The van der Waals surface area contributed by atoms with Gasteiger partial charge < -0.3 is 10.8 Å². The summed E-state index contributed by atoms with van der Waals surface area (Å²) < 4.78 is 0. The fraction of sp³-hybridized carbons (Fsp3) is 0.308. The van der Waals surface area contributed by atoms with Crippen LogP contribution in [0, 0.1) is 5.92 Å². The summed E-state index contributed by atoms with van der Waals surface area (Å²) in [7, 11) is 0. The lowest BCUT2D eigenvalue weighted by atomic mass is 9.92. The minimum atomic E-state index is -1.83. The van der Waals surface area contributed by atoms with Crippen LogP contribution in [0.15, 0.2) is 30.3 Å². The maximum Gasteiger partial charge on any atom is 0.409 e. The molecule has 1 heterocycles. The zero-order chi connectivity index (χ0) is 15.6. The predicted octanol–water partition coefficient (Wildman–Crippen LogP) is 0.0296. The minimum Gasteiger partial charge on any atom is -0.465 e. The summed E-state index contributed by atoms with van der Waals surface area (Å²) in [6.07, 6.45) is -1.59. The molecule has 1 saturated heterocycles. The van der Waals surface area contributed by atoms with E-state index in [0.717, 1.165) is 4.90 Å². The fourth-order valence-electron chi connectivity index (χ4n) is 2.50. The van der Waals surface area contributed by atoms with Gasteiger partial charge in [-0.25, -0.2) is 10.3 Å². The third-order valence-electron chi connectivity index (χ3n) is 3.58. The molecule has 0 spiro atoms. The van der Waals surface area contributed by atoms with Crippen LogP contribution in [0.25, 0.3) is 0 Å². The van der Waals surface area contributed by atoms with Crippen molar-refractivity contribution >= 4 is 17.8 Å². The molecule has 1 aromatic carbocycles. The van der Waals surface area contributed by atoms with E-state index in [-0.39, 0.29) is 18.5 Å². The molecule has 1 aliphatic rings. The molecule has 112 valence electrons. The number of rotatable bonds is 3. The number of hydrogen-bond donors (Lipinski definition) is 4. The summed E-state index contributed by atoms with van der Waals surface area (Å²) in [6, 6.07) is 8.03. The quantitative estimate of drug-likeness (QED) is 0.353. The van der Waals surface area contributed by atoms with Crippen molar-refractivity contribution in [3.8, 4) is 0 Å². The normalized spacial score (nSPS) is 24.7. The summed E-state index contributed by atoms with van der Waals surface area (Å²) in [4.78, 5) is 36.0. The molecule has 5 N–H and O–H groups in total. The van der Waals surface area contributed by atoms with Crippen LogP contribution >= 0.6 is 0 Å². The Labute approximate surface area is 120 Å². The maximum atomic E-state index is 12.5. The Morgan fingerprint density at radius 3 is 2.43 bits per heavy atom. The van der Waals surface area contributed by atoms with Gasteiger partial charge in [0.05, 0.1) is 5.92 Å². The highest BCUT2D eigenvalue weighted by Crippen LogP contribution is 2.32. The summed E-state index contributed by atoms with van der Waals surface area (Å²) in [5.74, 6) is -2.24. The molecule has 0 saturated carbocycles. The Morgan fingerprint density at radius 1 is 1.29 bits per heavy atom. The Hall–Kier alpha value is -2.45. The second-order valence-corrected chi connectivity index (χ2v) is 4.89. The molecule has 0 radical (unpaired) electrons. The Kier molecular flexibility index (Phi) is 3.92. The van der Waals surface area contributed by atoms with E-state index in [0.29, 0.717) is 0 Å². The molecular weight excluding hydrogens is 278 g/mol. The van der Waals surface area contributed by atoms with Crippen LogP contribution in [-0.2, 0) is 4.79 Å². The van der Waals surface area contributed by atoms with Crippen LogP contribution in [0.1, 0.15) is 16.8 Å². The largest absolute Gasteiger partial charge is 0.465 e. The van der Waals surface area contributed by atoms with E-state index in [4.69, 9.17) is 10.9 Å². The van der Waals surface area contributed by atoms with Gasteiger partial charge in [0.2, 0.25) is 11.7 Å². The van der Waals surface area contributed by atoms with Crippen LogP contribution in [-0.4, -0.2) is 45.2 Å². The molecule has 1 aliphatic heterocycles. The molecule has 21 heavy (non-hydrogen) atoms. The van der Waals surface area contributed by atoms with E-state index >= 15 is 0 Å². The summed E-state index contributed by atoms with van der Waals surface area (Å²) in [5.41, 5.74) is 5.89. The first-order valence-electron chi connectivity index (χ1n) is 6.23. The van der Waals surface area contributed by atoms with Gasteiger partial charge >= 0.3 is 6.09 Å². The second-order valence-electron chi connectivity index (χ2n) is 4.89. The number of hydrogen-bond acceptors (Lipinski definition) is 5. The zero-order valence-corrected chi connectivity index (χ0v) is 11.0. The van der Waals surface area contributed by atoms with E-state index < -0.39 is 29.4 Å². The van der Waals surface area contributed by atoms with Crippen LogP contribution in [0.5, 0.6) is 0 Å². The van der Waals surface area contributed by atoms with Crippen molar-refractivity contribution in [1.82, 2.24) is 10.4 Å². The number of nitrogens with two attached hydrogens (primary N) is 1. The monoisotopic (exact) mass is 293 g/mol. The minimum absolute atomic E-state index is 0.195. The number of Topliss-reactive ketones (excluding diaryl/α,β-unsaturated/α-hetero) is 1. The van der Waals surface area contributed by atoms with Crippen LogP contribution in [0.4, 0.5) is 4.79 Å². The molecule has 0 aromatic heterocycles. The number of carboxylic acid groups (broad SMARTS) is 1. The number of carbonyl (C=O) groups is 3. The van der Waals surface area contributed by atoms with E-state index in [9.17, 15) is 19.5 Å². The molecule has 0 bridgehead atoms. The van der Waals surface area contributed by atoms with Crippen molar-refractivity contribution in [2.24, 2.45) is 11.7 Å². The summed E-state index contributed by atoms with van der Waals surface area (Å²) in [6.45, 7) is -0.253. The average molecular weight is 293 g/mol. The number of ketones is 1. The standard InChI is InChI=1S/C13H15N3O5/c14-13(10(17)8-4-2-1-3-5-8)6-9(11(18)15-21)7-16(13)12(19)20/h1-5,9,21H,6-7,14H2,(H,15,18)(H,19,20). The number of hydroxylamine groups is 1. The highest BCUT2D eigenvalue weighted by atomic mass is 16.5. The number of carbonyl (C=O) groups excluding carboxylic acids is 2. The SMILES string of the molecule is NC1(C(=O)c2ccccc2)CC(C(=O)NO)CN1C(=O)O. The molecule has 8 heteroatoms. The number of nitrogens with zero attached hydrogens (tertiary/aromatic N) is 1. The first-order chi connectivity index (χ1) is 9.90. The molecule has 8 nitrogen and oxygen atoms in total. The van der Waals surface area contributed by atoms with Gasteiger partial charge in [-0.2, -0.15) is 0 Å². The van der Waals surface area contributed by atoms with Crippen molar-refractivity contribution in [3.63, 3.8) is 0 Å². The lowest BCUT2D eigenvalue weighted by Crippen LogP contribution is -2.59. The van der Waals surface area contributed by atoms with Gasteiger partial charge in [-0.1, -0.05) is 30.3 Å². The molecule has 2 atom stereocenters. The van der Waals surface area contributed by atoms with E-state index in [1.165, 1.54) is 17.6 Å². The van der Waals surface area contributed by atoms with E-state index in [1.54, 1.807) is 18.2 Å². The molecule has 2 unspecified atom stereocenters. The van der Waals surface area contributed by atoms with Gasteiger partial charge in [-0.3, -0.25) is 19.7 Å². The molecule has 2 amide bonds. The number of likely N-dealkylation sites (tertiary alicyclic amines) is 1. The van der Waals surface area contributed by atoms with Crippen molar-refractivity contribution < 1.29 is 24.7 Å². The number of amides is 2. The third kappa shape index (κ3) is 2.58. The molecule has 1 fully saturated rings. The summed E-state index contributed by atoms with van der Waals surface area (Å²) >= 11 is 0. The number of benzene rings is 1. The Balaban J connectivity index is 2.35. The summed E-state index contributed by atoms with van der Waals surface area (Å²) in [5, 5.41) is 17.9. The topological polar surface area (TPSA) is 133 Å². The van der Waals surface area contributed by atoms with Gasteiger partial charge in [-0.05, 0) is 0 Å². The number of nitrogens with one attached hydrogen (secondary N) is 1. The second kappa shape index (κ2) is 5.51. The van der Waals surface area contributed by atoms with Crippen LogP contribution in [0.3, 0.4) is 0 Å². The molecule has 2 rings (SSSR count). The van der Waals surface area contributed by atoms with Gasteiger partial charge in [0.1, 0.15) is 0 Å². The Morgan fingerprint density at radius 2 is 1.90 bits per heavy atom. The van der Waals surface area contributed by atoms with Gasteiger partial charge in [0.25, 0.3) is 0 Å². The van der Waals surface area contributed by atoms with Gasteiger partial charge in [-0.15, -0.1) is 0 Å². The first-order valence-corrected chi connectivity index (χ1v) is 6.23.